The lowest BCUT2D eigenvalue weighted by atomic mass is 10.3. The summed E-state index contributed by atoms with van der Waals surface area (Å²) in [5, 5.41) is 0. The van der Waals surface area contributed by atoms with Crippen molar-refractivity contribution in [1.82, 2.24) is 0 Å². The van der Waals surface area contributed by atoms with Crippen LogP contribution < -0.4 is 9.47 Å². The van der Waals surface area contributed by atoms with Gasteiger partial charge in [0.05, 0.1) is 17.9 Å². The minimum Gasteiger partial charge on any atom is -0.453 e. The minimum atomic E-state index is -0.496. The molecular weight excluding hydrogens is 680 g/mol. The fraction of sp³-hybridized carbons (Fsp3) is 0.143. The van der Waals surface area contributed by atoms with Gasteiger partial charge in [-0.15, -0.1) is 0 Å². The number of halogens is 6. The first-order chi connectivity index (χ1) is 10.3. The molecule has 2 aromatic carbocycles. The van der Waals surface area contributed by atoms with Gasteiger partial charge >= 0.3 is 0 Å². The van der Waals surface area contributed by atoms with Crippen LogP contribution in [0.15, 0.2) is 51.1 Å². The molecule has 2 aromatic rings. The normalized spacial score (nSPS) is 10.9. The van der Waals surface area contributed by atoms with Gasteiger partial charge in [0.1, 0.15) is 0 Å². The number of hydrogen-bond acceptors (Lipinski definition) is 2. The Morgan fingerprint density at radius 3 is 1.32 bits per heavy atom. The summed E-state index contributed by atoms with van der Waals surface area (Å²) < 4.78 is 17.0. The molecule has 0 spiro atoms. The van der Waals surface area contributed by atoms with E-state index in [2.05, 4.69) is 95.6 Å². The molecule has 0 bridgehead atoms. The SMILES string of the molecule is CC(Oc1c(Br)ccc(Br)c1Br)Oc1c(Br)ccc(Br)c1Br. The third-order valence-corrected chi connectivity index (χ3v) is 7.78. The molecule has 0 aliphatic carbocycles. The molecule has 2 rings (SSSR count). The Kier molecular flexibility index (Phi) is 7.29. The maximum Gasteiger partial charge on any atom is 0.238 e. The van der Waals surface area contributed by atoms with Gasteiger partial charge in [0.2, 0.25) is 6.29 Å². The van der Waals surface area contributed by atoms with Crippen LogP contribution in [-0.4, -0.2) is 6.29 Å². The van der Waals surface area contributed by atoms with Crippen molar-refractivity contribution in [2.75, 3.05) is 0 Å². The molecule has 0 saturated carbocycles. The Balaban J connectivity index is 2.23. The summed E-state index contributed by atoms with van der Waals surface area (Å²) in [6.07, 6.45) is -0.496. The van der Waals surface area contributed by atoms with Crippen LogP contribution in [0.2, 0.25) is 0 Å². The third-order valence-electron chi connectivity index (χ3n) is 2.57. The van der Waals surface area contributed by atoms with Crippen molar-refractivity contribution < 1.29 is 9.47 Å². The van der Waals surface area contributed by atoms with E-state index >= 15 is 0 Å². The molecule has 8 heteroatoms. The van der Waals surface area contributed by atoms with Crippen LogP contribution in [0.5, 0.6) is 11.5 Å². The fourth-order valence-electron chi connectivity index (χ4n) is 1.59. The van der Waals surface area contributed by atoms with E-state index in [1.54, 1.807) is 0 Å². The molecule has 0 unspecified atom stereocenters. The van der Waals surface area contributed by atoms with E-state index in [4.69, 9.17) is 9.47 Å². The zero-order valence-electron chi connectivity index (χ0n) is 11.0. The number of benzene rings is 2. The molecule has 0 aliphatic rings. The molecular formula is C14H8Br6O2. The zero-order chi connectivity index (χ0) is 16.4. The third kappa shape index (κ3) is 4.51. The van der Waals surface area contributed by atoms with Crippen molar-refractivity contribution in [2.24, 2.45) is 0 Å². The highest BCUT2D eigenvalue weighted by atomic mass is 79.9. The maximum atomic E-state index is 5.91. The van der Waals surface area contributed by atoms with Crippen molar-refractivity contribution in [2.45, 2.75) is 13.2 Å². The fourth-order valence-corrected chi connectivity index (χ4v) is 4.47. The summed E-state index contributed by atoms with van der Waals surface area (Å²) in [6, 6.07) is 7.66. The van der Waals surface area contributed by atoms with E-state index in [0.29, 0.717) is 11.5 Å². The highest BCUT2D eigenvalue weighted by molar-refractivity contribution is 9.13. The van der Waals surface area contributed by atoms with Gasteiger partial charge in [-0.1, -0.05) is 0 Å². The monoisotopic (exact) mass is 682 g/mol. The van der Waals surface area contributed by atoms with E-state index in [9.17, 15) is 0 Å². The first kappa shape index (κ1) is 19.2. The molecule has 0 heterocycles. The molecule has 0 aromatic heterocycles. The Labute approximate surface area is 179 Å². The van der Waals surface area contributed by atoms with Gasteiger partial charge in [0.15, 0.2) is 11.5 Å². The minimum absolute atomic E-state index is 0.496. The van der Waals surface area contributed by atoms with Gasteiger partial charge in [-0.25, -0.2) is 0 Å². The van der Waals surface area contributed by atoms with Crippen LogP contribution >= 0.6 is 95.6 Å². The lowest BCUT2D eigenvalue weighted by Gasteiger charge is -2.20. The topological polar surface area (TPSA) is 18.5 Å². The summed E-state index contributed by atoms with van der Waals surface area (Å²) in [6.45, 7) is 1.83. The van der Waals surface area contributed by atoms with Crippen molar-refractivity contribution >= 4 is 95.6 Å². The number of hydrogen-bond donors (Lipinski definition) is 0. The number of rotatable bonds is 4. The molecule has 0 atom stereocenters. The highest BCUT2D eigenvalue weighted by Gasteiger charge is 2.17. The summed E-state index contributed by atoms with van der Waals surface area (Å²) in [7, 11) is 0. The molecule has 0 saturated heterocycles. The predicted molar refractivity (Wildman–Crippen MR) is 110 cm³/mol. The molecule has 0 radical (unpaired) electrons. The average Bonchev–Trinajstić information content (AvgIpc) is 2.48. The number of ether oxygens (including phenoxy) is 2. The van der Waals surface area contributed by atoms with Crippen LogP contribution in [0, 0.1) is 0 Å². The first-order valence-corrected chi connectivity index (χ1v) is 10.7. The predicted octanol–water partition coefficient (Wildman–Crippen LogP) is 8.07. The average molecular weight is 688 g/mol. The smallest absolute Gasteiger partial charge is 0.238 e. The lowest BCUT2D eigenvalue weighted by Crippen LogP contribution is -2.20. The second kappa shape index (κ2) is 8.34. The second-order valence-electron chi connectivity index (χ2n) is 4.15. The summed E-state index contributed by atoms with van der Waals surface area (Å²) in [5.41, 5.74) is 0. The van der Waals surface area contributed by atoms with Crippen molar-refractivity contribution in [3.63, 3.8) is 0 Å². The van der Waals surface area contributed by atoms with E-state index in [1.807, 2.05) is 31.2 Å². The van der Waals surface area contributed by atoms with Crippen molar-refractivity contribution in [3.8, 4) is 11.5 Å². The zero-order valence-corrected chi connectivity index (χ0v) is 20.5. The van der Waals surface area contributed by atoms with Gasteiger partial charge in [0.25, 0.3) is 0 Å². The summed E-state index contributed by atoms with van der Waals surface area (Å²) in [4.78, 5) is 0. The molecule has 2 nitrogen and oxygen atoms in total. The molecule has 118 valence electrons. The van der Waals surface area contributed by atoms with Crippen LogP contribution in [-0.2, 0) is 0 Å². The van der Waals surface area contributed by atoms with Gasteiger partial charge in [0, 0.05) is 15.9 Å². The lowest BCUT2D eigenvalue weighted by molar-refractivity contribution is 0.0197. The van der Waals surface area contributed by atoms with E-state index < -0.39 is 6.29 Å². The quantitative estimate of drug-likeness (QED) is 0.239. The Morgan fingerprint density at radius 2 is 0.955 bits per heavy atom. The first-order valence-electron chi connectivity index (χ1n) is 5.91. The van der Waals surface area contributed by atoms with E-state index in [1.165, 1.54) is 0 Å². The van der Waals surface area contributed by atoms with Crippen LogP contribution in [0.3, 0.4) is 0 Å². The summed E-state index contributed by atoms with van der Waals surface area (Å²) >= 11 is 20.9. The summed E-state index contributed by atoms with van der Waals surface area (Å²) in [5.74, 6) is 1.34. The van der Waals surface area contributed by atoms with Gasteiger partial charge in [-0.3, -0.25) is 0 Å². The van der Waals surface area contributed by atoms with E-state index in [0.717, 1.165) is 26.8 Å². The molecule has 0 aliphatic heterocycles. The maximum absolute atomic E-state index is 5.91. The largest absolute Gasteiger partial charge is 0.453 e. The second-order valence-corrected chi connectivity index (χ2v) is 9.15. The van der Waals surface area contributed by atoms with Crippen LogP contribution in [0.1, 0.15) is 6.92 Å². The van der Waals surface area contributed by atoms with Crippen molar-refractivity contribution in [1.29, 1.82) is 0 Å². The van der Waals surface area contributed by atoms with Gasteiger partial charge in [-0.05, 0) is 120 Å². The molecule has 0 amide bonds. The molecule has 22 heavy (non-hydrogen) atoms. The molecule has 0 fully saturated rings. The van der Waals surface area contributed by atoms with Crippen LogP contribution in [0.4, 0.5) is 0 Å². The Hall–Kier alpha value is 0.920. The molecule has 0 N–H and O–H groups in total. The van der Waals surface area contributed by atoms with Crippen LogP contribution in [0.25, 0.3) is 0 Å². The Bertz CT molecular complexity index is 645. The van der Waals surface area contributed by atoms with Gasteiger partial charge < -0.3 is 9.47 Å². The van der Waals surface area contributed by atoms with Gasteiger partial charge in [-0.2, -0.15) is 0 Å². The van der Waals surface area contributed by atoms with E-state index in [-0.39, 0.29) is 0 Å². The Morgan fingerprint density at radius 1 is 0.636 bits per heavy atom. The standard InChI is InChI=1S/C14H8Br6O2/c1-6(21-13-9(17)4-2-7(15)11(13)19)22-14-10(18)5-3-8(16)12(14)20/h2-6H,1H3. The highest BCUT2D eigenvalue weighted by Crippen LogP contribution is 2.41. The van der Waals surface area contributed by atoms with Crippen molar-refractivity contribution in [3.05, 3.63) is 51.1 Å².